The van der Waals surface area contributed by atoms with Crippen molar-refractivity contribution in [2.75, 3.05) is 20.2 Å². The molecule has 0 saturated heterocycles. The number of ether oxygens (including phenoxy) is 1. The largest absolute Gasteiger partial charge is 0.376 e. The summed E-state index contributed by atoms with van der Waals surface area (Å²) in [6.07, 6.45) is 8.08. The van der Waals surface area contributed by atoms with E-state index in [2.05, 4.69) is 15.6 Å². The first-order valence-electron chi connectivity index (χ1n) is 8.58. The van der Waals surface area contributed by atoms with Crippen LogP contribution in [-0.2, 0) is 11.3 Å². The Hall–Kier alpha value is -1.62. The number of aliphatic imine (C=N–C) groups is 1. The standard InChI is InChI=1S/C18H28FN3O/c1-20-18(22-14-15-8-10-16(19)11-9-15)21-12-13-23-17-6-4-2-3-5-7-17/h8-11,17H,2-7,12-14H2,1H3,(H2,20,21,22). The molecular formula is C18H28FN3O. The fraction of sp³-hybridized carbons (Fsp3) is 0.611. The minimum absolute atomic E-state index is 0.216. The van der Waals surface area contributed by atoms with Gasteiger partial charge in [0.25, 0.3) is 0 Å². The second kappa shape index (κ2) is 10.2. The minimum Gasteiger partial charge on any atom is -0.376 e. The van der Waals surface area contributed by atoms with E-state index in [0.29, 0.717) is 19.3 Å². The number of hydrogen-bond donors (Lipinski definition) is 2. The van der Waals surface area contributed by atoms with Crippen molar-refractivity contribution in [2.24, 2.45) is 4.99 Å². The second-order valence-electron chi connectivity index (χ2n) is 5.96. The Kier molecular flexibility index (Phi) is 7.87. The van der Waals surface area contributed by atoms with Crippen molar-refractivity contribution in [3.05, 3.63) is 35.6 Å². The van der Waals surface area contributed by atoms with E-state index in [0.717, 1.165) is 18.1 Å². The number of nitrogens with zero attached hydrogens (tertiary/aromatic N) is 1. The molecule has 0 atom stereocenters. The van der Waals surface area contributed by atoms with E-state index in [-0.39, 0.29) is 5.82 Å². The average Bonchev–Trinajstić information content (AvgIpc) is 2.84. The predicted molar refractivity (Wildman–Crippen MR) is 92.0 cm³/mol. The highest BCUT2D eigenvalue weighted by molar-refractivity contribution is 5.79. The molecule has 0 bridgehead atoms. The third-order valence-electron chi connectivity index (χ3n) is 4.15. The summed E-state index contributed by atoms with van der Waals surface area (Å²) >= 11 is 0. The van der Waals surface area contributed by atoms with Gasteiger partial charge in [0.1, 0.15) is 5.82 Å². The molecule has 0 unspecified atom stereocenters. The molecule has 0 aromatic heterocycles. The Morgan fingerprint density at radius 3 is 2.48 bits per heavy atom. The molecule has 2 N–H and O–H groups in total. The molecule has 2 rings (SSSR count). The first kappa shape index (κ1) is 17.7. The van der Waals surface area contributed by atoms with E-state index in [1.165, 1.54) is 50.7 Å². The highest BCUT2D eigenvalue weighted by atomic mass is 19.1. The van der Waals surface area contributed by atoms with Crippen LogP contribution in [0.5, 0.6) is 0 Å². The molecule has 0 spiro atoms. The van der Waals surface area contributed by atoms with E-state index < -0.39 is 0 Å². The third-order valence-corrected chi connectivity index (χ3v) is 4.15. The highest BCUT2D eigenvalue weighted by Gasteiger charge is 2.12. The minimum atomic E-state index is -0.216. The molecule has 1 aliphatic carbocycles. The molecule has 0 radical (unpaired) electrons. The van der Waals surface area contributed by atoms with Crippen LogP contribution in [0, 0.1) is 5.82 Å². The van der Waals surface area contributed by atoms with Crippen LogP contribution in [0.2, 0.25) is 0 Å². The Morgan fingerprint density at radius 2 is 1.83 bits per heavy atom. The number of hydrogen-bond acceptors (Lipinski definition) is 2. The topological polar surface area (TPSA) is 45.7 Å². The van der Waals surface area contributed by atoms with Crippen molar-refractivity contribution in [2.45, 2.75) is 51.2 Å². The summed E-state index contributed by atoms with van der Waals surface area (Å²) in [5.41, 5.74) is 1.02. The summed E-state index contributed by atoms with van der Waals surface area (Å²) in [7, 11) is 1.74. The smallest absolute Gasteiger partial charge is 0.191 e. The summed E-state index contributed by atoms with van der Waals surface area (Å²) in [5, 5.41) is 6.46. The Bertz CT molecular complexity index is 468. The number of guanidine groups is 1. The number of rotatable bonds is 6. The zero-order chi connectivity index (χ0) is 16.3. The molecule has 0 aliphatic heterocycles. The van der Waals surface area contributed by atoms with Crippen LogP contribution in [-0.4, -0.2) is 32.3 Å². The van der Waals surface area contributed by atoms with Crippen LogP contribution in [0.3, 0.4) is 0 Å². The lowest BCUT2D eigenvalue weighted by atomic mass is 10.1. The molecule has 23 heavy (non-hydrogen) atoms. The Morgan fingerprint density at radius 1 is 1.13 bits per heavy atom. The van der Waals surface area contributed by atoms with Gasteiger partial charge in [0.05, 0.1) is 12.7 Å². The first-order valence-corrected chi connectivity index (χ1v) is 8.58. The number of benzene rings is 1. The maximum Gasteiger partial charge on any atom is 0.191 e. The summed E-state index contributed by atoms with van der Waals surface area (Å²) < 4.78 is 18.8. The molecule has 1 fully saturated rings. The van der Waals surface area contributed by atoms with Gasteiger partial charge < -0.3 is 15.4 Å². The second-order valence-corrected chi connectivity index (χ2v) is 5.96. The molecule has 5 heteroatoms. The quantitative estimate of drug-likeness (QED) is 0.366. The van der Waals surface area contributed by atoms with Gasteiger partial charge in [0, 0.05) is 20.1 Å². The van der Waals surface area contributed by atoms with Crippen LogP contribution in [0.1, 0.15) is 44.1 Å². The Labute approximate surface area is 138 Å². The zero-order valence-corrected chi connectivity index (χ0v) is 14.0. The number of nitrogens with one attached hydrogen (secondary N) is 2. The fourth-order valence-electron chi connectivity index (χ4n) is 2.81. The maximum atomic E-state index is 12.9. The van der Waals surface area contributed by atoms with Crippen molar-refractivity contribution >= 4 is 5.96 Å². The lowest BCUT2D eigenvalue weighted by Crippen LogP contribution is -2.38. The molecule has 1 aromatic carbocycles. The molecular weight excluding hydrogens is 293 g/mol. The van der Waals surface area contributed by atoms with Gasteiger partial charge in [-0.1, -0.05) is 37.8 Å². The van der Waals surface area contributed by atoms with Crippen molar-refractivity contribution in [3.63, 3.8) is 0 Å². The average molecular weight is 321 g/mol. The van der Waals surface area contributed by atoms with Crippen LogP contribution >= 0.6 is 0 Å². The van der Waals surface area contributed by atoms with Gasteiger partial charge in [-0.15, -0.1) is 0 Å². The van der Waals surface area contributed by atoms with Crippen molar-refractivity contribution in [3.8, 4) is 0 Å². The van der Waals surface area contributed by atoms with E-state index >= 15 is 0 Å². The SMILES string of the molecule is CN=C(NCCOC1CCCCCC1)NCc1ccc(F)cc1. The maximum absolute atomic E-state index is 12.9. The molecule has 0 heterocycles. The van der Waals surface area contributed by atoms with Crippen LogP contribution < -0.4 is 10.6 Å². The predicted octanol–water partition coefficient (Wildman–Crippen LogP) is 3.23. The summed E-state index contributed by atoms with van der Waals surface area (Å²) in [5.74, 6) is 0.519. The molecule has 4 nitrogen and oxygen atoms in total. The third kappa shape index (κ3) is 6.99. The monoisotopic (exact) mass is 321 g/mol. The van der Waals surface area contributed by atoms with Gasteiger partial charge in [0.15, 0.2) is 5.96 Å². The summed E-state index contributed by atoms with van der Waals surface area (Å²) in [6, 6.07) is 6.47. The van der Waals surface area contributed by atoms with Gasteiger partial charge in [-0.2, -0.15) is 0 Å². The summed E-state index contributed by atoms with van der Waals surface area (Å²) in [4.78, 5) is 4.18. The Balaban J connectivity index is 1.61. The lowest BCUT2D eigenvalue weighted by molar-refractivity contribution is 0.0468. The normalized spacial score (nSPS) is 16.9. The van der Waals surface area contributed by atoms with Gasteiger partial charge in [-0.3, -0.25) is 4.99 Å². The van der Waals surface area contributed by atoms with E-state index in [4.69, 9.17) is 4.74 Å². The van der Waals surface area contributed by atoms with Crippen molar-refractivity contribution in [1.29, 1.82) is 0 Å². The summed E-state index contributed by atoms with van der Waals surface area (Å²) in [6.45, 7) is 2.05. The van der Waals surface area contributed by atoms with Gasteiger partial charge in [-0.05, 0) is 30.5 Å². The van der Waals surface area contributed by atoms with E-state index in [1.54, 1.807) is 19.2 Å². The van der Waals surface area contributed by atoms with E-state index in [9.17, 15) is 4.39 Å². The van der Waals surface area contributed by atoms with Crippen LogP contribution in [0.4, 0.5) is 4.39 Å². The first-order chi connectivity index (χ1) is 11.3. The lowest BCUT2D eigenvalue weighted by Gasteiger charge is -2.16. The van der Waals surface area contributed by atoms with Crippen molar-refractivity contribution in [1.82, 2.24) is 10.6 Å². The molecule has 1 saturated carbocycles. The van der Waals surface area contributed by atoms with Gasteiger partial charge in [-0.25, -0.2) is 4.39 Å². The highest BCUT2D eigenvalue weighted by Crippen LogP contribution is 2.19. The van der Waals surface area contributed by atoms with Gasteiger partial charge in [0.2, 0.25) is 0 Å². The molecule has 0 amide bonds. The molecule has 1 aliphatic rings. The fourth-order valence-corrected chi connectivity index (χ4v) is 2.81. The zero-order valence-electron chi connectivity index (χ0n) is 14.0. The molecule has 128 valence electrons. The van der Waals surface area contributed by atoms with Crippen LogP contribution in [0.15, 0.2) is 29.3 Å². The van der Waals surface area contributed by atoms with Crippen molar-refractivity contribution < 1.29 is 9.13 Å². The van der Waals surface area contributed by atoms with E-state index in [1.807, 2.05) is 0 Å². The number of halogens is 1. The molecule has 1 aromatic rings. The van der Waals surface area contributed by atoms with Gasteiger partial charge >= 0.3 is 0 Å². The van der Waals surface area contributed by atoms with Crippen LogP contribution in [0.25, 0.3) is 0 Å².